The van der Waals surface area contributed by atoms with Gasteiger partial charge in [-0.15, -0.1) is 13.2 Å². The first kappa shape index (κ1) is 38.1. The lowest BCUT2D eigenvalue weighted by atomic mass is 9.68. The van der Waals surface area contributed by atoms with E-state index in [0.29, 0.717) is 42.6 Å². The Balaban J connectivity index is 1.52. The van der Waals surface area contributed by atoms with Crippen molar-refractivity contribution in [3.8, 4) is 5.75 Å². The number of aryl methyl sites for hydroxylation is 1. The molecule has 6 atom stereocenters. The molecule has 0 unspecified atom stereocenters. The number of thiol groups is 1. The highest BCUT2D eigenvalue weighted by Gasteiger charge is 2.44. The Morgan fingerprint density at radius 3 is 2.58 bits per heavy atom. The minimum atomic E-state index is -3.72. The van der Waals surface area contributed by atoms with Crippen molar-refractivity contribution in [3.63, 3.8) is 0 Å². The number of amides is 2. The Morgan fingerprint density at radius 1 is 1.14 bits per heavy atom. The Labute approximate surface area is 305 Å². The average molecular weight is 726 g/mol. The quantitative estimate of drug-likeness (QED) is 0.130. The molecule has 2 aromatic carbocycles. The van der Waals surface area contributed by atoms with Crippen LogP contribution in [-0.4, -0.2) is 54.2 Å². The Morgan fingerprint density at radius 2 is 1.94 bits per heavy atom. The van der Waals surface area contributed by atoms with Gasteiger partial charge in [0, 0.05) is 58.2 Å². The summed E-state index contributed by atoms with van der Waals surface area (Å²) < 4.78 is 32.8. The predicted molar refractivity (Wildman–Crippen MR) is 206 cm³/mol. The molecule has 3 aliphatic rings. The van der Waals surface area contributed by atoms with Crippen LogP contribution in [0.2, 0.25) is 5.02 Å². The van der Waals surface area contributed by atoms with Gasteiger partial charge in [-0.05, 0) is 104 Å². The Hall–Kier alpha value is -3.14. The Kier molecular flexibility index (Phi) is 12.5. The van der Waals surface area contributed by atoms with E-state index in [0.717, 1.165) is 62.3 Å². The lowest BCUT2D eigenvalue weighted by molar-refractivity contribution is -0.119. The van der Waals surface area contributed by atoms with Gasteiger partial charge in [-0.1, -0.05) is 57.0 Å². The fourth-order valence-corrected chi connectivity index (χ4v) is 11.6. The fraction of sp³-hybridized carbons (Fsp3) is 0.550. The molecule has 1 saturated carbocycles. The third-order valence-corrected chi connectivity index (χ3v) is 14.5. The monoisotopic (exact) mass is 725 g/mol. The molecule has 0 radical (unpaired) electrons. The molecule has 5 rings (SSSR count). The van der Waals surface area contributed by atoms with Crippen molar-refractivity contribution in [1.82, 2.24) is 9.44 Å². The van der Waals surface area contributed by atoms with Crippen LogP contribution in [0, 0.1) is 17.8 Å². The molecule has 0 aromatic heterocycles. The minimum Gasteiger partial charge on any atom is -0.490 e. The van der Waals surface area contributed by atoms with E-state index in [1.807, 2.05) is 44.2 Å². The second-order valence-electron chi connectivity index (χ2n) is 14.4. The smallest absolute Gasteiger partial charge is 0.262 e. The van der Waals surface area contributed by atoms with Crippen LogP contribution in [0.4, 0.5) is 5.69 Å². The number of ether oxygens (including phenoxy) is 2. The number of carbonyl (C=O) groups excluding carboxylic acids is 2. The largest absolute Gasteiger partial charge is 0.490 e. The van der Waals surface area contributed by atoms with E-state index in [9.17, 15) is 13.8 Å². The maximum Gasteiger partial charge on any atom is 0.262 e. The van der Waals surface area contributed by atoms with Gasteiger partial charge in [0.05, 0.1) is 18.4 Å². The van der Waals surface area contributed by atoms with Crippen molar-refractivity contribution >= 4 is 39.4 Å². The lowest BCUT2D eigenvalue weighted by Gasteiger charge is -2.46. The number of benzene rings is 2. The number of hydrogen-bond acceptors (Lipinski definition) is 6. The number of halogens is 1. The molecule has 1 fully saturated rings. The SMILES string of the molecule is C=CC[C@H](CC)[C@@H](CC)[SH](=O)(NC(=O)CC)NC(=O)c1ccc2c(c1)N(C[C@@H]1CC[C@H]1[C@H](C=C)OC)C[C@@]1(CCCc3cc(Cl)ccc31)CO2. The average Bonchev–Trinajstić information content (AvgIpc) is 3.25. The summed E-state index contributed by atoms with van der Waals surface area (Å²) in [5.74, 6) is 0.592. The van der Waals surface area contributed by atoms with Crippen LogP contribution >= 0.6 is 11.6 Å². The third-order valence-electron chi connectivity index (χ3n) is 11.5. The van der Waals surface area contributed by atoms with Crippen molar-refractivity contribution in [3.05, 3.63) is 83.4 Å². The van der Waals surface area contributed by atoms with Gasteiger partial charge < -0.3 is 14.4 Å². The van der Waals surface area contributed by atoms with Crippen molar-refractivity contribution in [2.24, 2.45) is 17.8 Å². The first-order valence-electron chi connectivity index (χ1n) is 18.4. The third kappa shape index (κ3) is 7.85. The Bertz CT molecular complexity index is 1620. The maximum atomic E-state index is 14.7. The van der Waals surface area contributed by atoms with E-state index in [1.165, 1.54) is 11.1 Å². The lowest BCUT2D eigenvalue weighted by Crippen LogP contribution is -2.57. The zero-order chi connectivity index (χ0) is 36.1. The number of anilines is 1. The van der Waals surface area contributed by atoms with Crippen LogP contribution < -0.4 is 19.1 Å². The summed E-state index contributed by atoms with van der Waals surface area (Å²) >= 11 is 6.46. The number of carbonyl (C=O) groups is 2. The molecular formula is C40H56ClN3O5S. The summed E-state index contributed by atoms with van der Waals surface area (Å²) in [5.41, 5.74) is 3.49. The molecule has 8 nitrogen and oxygen atoms in total. The molecule has 1 spiro atoms. The van der Waals surface area contributed by atoms with Crippen LogP contribution in [0.5, 0.6) is 5.75 Å². The topological polar surface area (TPSA) is 97.0 Å². The zero-order valence-electron chi connectivity index (χ0n) is 30.2. The van der Waals surface area contributed by atoms with Gasteiger partial charge in [0.25, 0.3) is 5.91 Å². The van der Waals surface area contributed by atoms with Crippen molar-refractivity contribution in [2.45, 2.75) is 95.3 Å². The summed E-state index contributed by atoms with van der Waals surface area (Å²) in [6, 6.07) is 11.7. The van der Waals surface area contributed by atoms with Crippen LogP contribution in [0.15, 0.2) is 61.7 Å². The van der Waals surface area contributed by atoms with Crippen molar-refractivity contribution in [2.75, 3.05) is 31.7 Å². The minimum absolute atomic E-state index is 0.0110. The van der Waals surface area contributed by atoms with Gasteiger partial charge >= 0.3 is 0 Å². The van der Waals surface area contributed by atoms with E-state index in [-0.39, 0.29) is 29.8 Å². The van der Waals surface area contributed by atoms with Gasteiger partial charge in [0.1, 0.15) is 5.75 Å². The maximum absolute atomic E-state index is 14.7. The van der Waals surface area contributed by atoms with Gasteiger partial charge in [-0.25, -0.2) is 4.21 Å². The molecule has 50 heavy (non-hydrogen) atoms. The molecule has 2 aliphatic carbocycles. The number of rotatable bonds is 15. The molecule has 1 heterocycles. The fourth-order valence-electron chi connectivity index (χ4n) is 8.61. The predicted octanol–water partition coefficient (Wildman–Crippen LogP) is 7.52. The summed E-state index contributed by atoms with van der Waals surface area (Å²) in [6.45, 7) is 15.6. The molecule has 1 aliphatic heterocycles. The summed E-state index contributed by atoms with van der Waals surface area (Å²) in [7, 11) is -1.97. The first-order valence-corrected chi connectivity index (χ1v) is 20.5. The van der Waals surface area contributed by atoms with Crippen molar-refractivity contribution < 1.29 is 23.3 Å². The standard InChI is InChI=1S/C40H56ClN3O5S/c1-7-13-27(8-2)37(10-4)50(47,42-38(45)11-5)43-39(46)29-16-20-36-34(23-29)44(24-30-15-18-32(30)35(9-3)48-6)25-40(26-49-36)21-12-14-28-22-31(41)17-19-33(28)40/h7,9,16-17,19-20,22-23,27,30,32,35,37,50H,1,3,8,10-15,18,21,24-26H2,2,4-6H3,(H2,42,43,45,46,47)/t27-,30-,32+,35-,37+,40-/m0/s1. The highest BCUT2D eigenvalue weighted by molar-refractivity contribution is 8.01. The second-order valence-corrected chi connectivity index (χ2v) is 17.2. The molecule has 10 heteroatoms. The highest BCUT2D eigenvalue weighted by Crippen LogP contribution is 2.47. The first-order chi connectivity index (χ1) is 24.0. The number of methoxy groups -OCH3 is 1. The van der Waals surface area contributed by atoms with Crippen LogP contribution in [-0.2, 0) is 31.7 Å². The van der Waals surface area contributed by atoms with E-state index in [2.05, 4.69) is 39.6 Å². The van der Waals surface area contributed by atoms with E-state index in [4.69, 9.17) is 21.1 Å². The summed E-state index contributed by atoms with van der Waals surface area (Å²) in [5, 5.41) is 0.311. The molecule has 0 saturated heterocycles. The normalized spacial score (nSPS) is 23.5. The molecule has 2 aromatic rings. The molecular weight excluding hydrogens is 670 g/mol. The second kappa shape index (κ2) is 16.5. The zero-order valence-corrected chi connectivity index (χ0v) is 31.9. The summed E-state index contributed by atoms with van der Waals surface area (Å²) in [6.07, 6.45) is 10.9. The highest BCUT2D eigenvalue weighted by atomic mass is 35.5. The van der Waals surface area contributed by atoms with Gasteiger partial charge in [0.15, 0.2) is 0 Å². The number of hydrogen-bond donors (Lipinski definition) is 3. The van der Waals surface area contributed by atoms with E-state index in [1.54, 1.807) is 20.1 Å². The van der Waals surface area contributed by atoms with Crippen LogP contribution in [0.25, 0.3) is 0 Å². The van der Waals surface area contributed by atoms with Gasteiger partial charge in [0.2, 0.25) is 5.91 Å². The molecule has 0 bridgehead atoms. The molecule has 274 valence electrons. The number of nitrogens with zero attached hydrogens (tertiary/aromatic N) is 1. The van der Waals surface area contributed by atoms with E-state index >= 15 is 0 Å². The number of fused-ring (bicyclic) bond motifs is 3. The van der Waals surface area contributed by atoms with Gasteiger partial charge in [-0.3, -0.25) is 19.0 Å². The van der Waals surface area contributed by atoms with Crippen LogP contribution in [0.1, 0.15) is 93.6 Å². The van der Waals surface area contributed by atoms with Gasteiger partial charge in [-0.2, -0.15) is 0 Å². The number of allylic oxidation sites excluding steroid dienone is 1. The van der Waals surface area contributed by atoms with Crippen molar-refractivity contribution in [1.29, 1.82) is 0 Å². The number of nitrogens with one attached hydrogen (secondary N) is 2. The van der Waals surface area contributed by atoms with Crippen LogP contribution in [0.3, 0.4) is 0 Å². The van der Waals surface area contributed by atoms with E-state index < -0.39 is 21.5 Å². The molecule has 2 amide bonds. The summed E-state index contributed by atoms with van der Waals surface area (Å²) in [4.78, 5) is 29.3. The molecule has 2 N–H and O–H groups in total.